The second kappa shape index (κ2) is 11.2. The predicted octanol–water partition coefficient (Wildman–Crippen LogP) is 5.50. The van der Waals surface area contributed by atoms with Crippen LogP contribution in [0.15, 0.2) is 51.6 Å². The second-order valence-electron chi connectivity index (χ2n) is 8.71. The Morgan fingerprint density at radius 3 is 2.55 bits per heavy atom. The fraction of sp³-hybridized carbons (Fsp3) is 0.480. The maximum atomic E-state index is 13.2. The Morgan fingerprint density at radius 2 is 2.00 bits per heavy atom. The van der Waals surface area contributed by atoms with Crippen molar-refractivity contribution in [3.63, 3.8) is 0 Å². The van der Waals surface area contributed by atoms with Gasteiger partial charge in [0.1, 0.15) is 11.6 Å². The number of hydrogen-bond donors (Lipinski definition) is 3. The summed E-state index contributed by atoms with van der Waals surface area (Å²) in [5.74, 6) is 1.15. The number of pyridine rings is 1. The molecule has 8 heteroatoms. The van der Waals surface area contributed by atoms with Crippen molar-refractivity contribution in [3.8, 4) is 0 Å². The zero-order valence-corrected chi connectivity index (χ0v) is 19.6. The van der Waals surface area contributed by atoms with E-state index in [2.05, 4.69) is 20.3 Å². The van der Waals surface area contributed by atoms with Gasteiger partial charge in [0.25, 0.3) is 6.43 Å². The Morgan fingerprint density at radius 1 is 1.27 bits per heavy atom. The molecule has 0 radical (unpaired) electrons. The zero-order valence-electron chi connectivity index (χ0n) is 19.6. The SMILES string of the molecule is CC/C(C)=C(N)/C=C(\N=C(C)C(F)F)Nc1cc(C2CCC2)c(/C(C=NC2CC2)=C/N)cn1. The average Bonchev–Trinajstić information content (AvgIpc) is 3.57. The van der Waals surface area contributed by atoms with Crippen LogP contribution in [0.3, 0.4) is 0 Å². The molecule has 33 heavy (non-hydrogen) atoms. The topological polar surface area (TPSA) is 102 Å². The summed E-state index contributed by atoms with van der Waals surface area (Å²) in [5, 5.41) is 3.09. The van der Waals surface area contributed by atoms with E-state index in [9.17, 15) is 8.78 Å². The largest absolute Gasteiger partial charge is 0.404 e. The second-order valence-corrected chi connectivity index (χ2v) is 8.71. The van der Waals surface area contributed by atoms with Crippen LogP contribution in [0.1, 0.15) is 76.3 Å². The van der Waals surface area contributed by atoms with Crippen molar-refractivity contribution < 1.29 is 8.78 Å². The van der Waals surface area contributed by atoms with Crippen molar-refractivity contribution in [3.05, 3.63) is 52.8 Å². The molecule has 0 saturated heterocycles. The summed E-state index contributed by atoms with van der Waals surface area (Å²) in [7, 11) is 0. The van der Waals surface area contributed by atoms with Crippen LogP contribution in [0, 0.1) is 0 Å². The number of nitrogens with zero attached hydrogens (tertiary/aromatic N) is 3. The van der Waals surface area contributed by atoms with Gasteiger partial charge in [0.05, 0.1) is 11.8 Å². The lowest BCUT2D eigenvalue weighted by Gasteiger charge is -2.28. The van der Waals surface area contributed by atoms with E-state index in [4.69, 9.17) is 11.5 Å². The molecule has 2 aliphatic carbocycles. The van der Waals surface area contributed by atoms with E-state index in [0.717, 1.165) is 54.4 Å². The molecule has 178 valence electrons. The van der Waals surface area contributed by atoms with Gasteiger partial charge in [-0.3, -0.25) is 4.99 Å². The van der Waals surface area contributed by atoms with Gasteiger partial charge in [0.2, 0.25) is 0 Å². The highest BCUT2D eigenvalue weighted by molar-refractivity contribution is 6.10. The van der Waals surface area contributed by atoms with Gasteiger partial charge >= 0.3 is 0 Å². The van der Waals surface area contributed by atoms with Crippen LogP contribution in [-0.4, -0.2) is 29.4 Å². The van der Waals surface area contributed by atoms with Gasteiger partial charge in [0.15, 0.2) is 0 Å². The first-order valence-electron chi connectivity index (χ1n) is 11.5. The van der Waals surface area contributed by atoms with Gasteiger partial charge < -0.3 is 16.8 Å². The normalized spacial score (nSPS) is 19.2. The van der Waals surface area contributed by atoms with Crippen LogP contribution in [0.25, 0.3) is 5.57 Å². The molecule has 0 aliphatic heterocycles. The first kappa shape index (κ1) is 24.6. The molecule has 0 atom stereocenters. The number of hydrogen-bond acceptors (Lipinski definition) is 6. The van der Waals surface area contributed by atoms with Crippen LogP contribution in [-0.2, 0) is 0 Å². The van der Waals surface area contributed by atoms with E-state index >= 15 is 0 Å². The number of aliphatic imine (C=N–C) groups is 2. The van der Waals surface area contributed by atoms with Crippen molar-refractivity contribution in [1.29, 1.82) is 0 Å². The van der Waals surface area contributed by atoms with Gasteiger partial charge in [-0.25, -0.2) is 18.8 Å². The van der Waals surface area contributed by atoms with Crippen LogP contribution in [0.2, 0.25) is 0 Å². The summed E-state index contributed by atoms with van der Waals surface area (Å²) in [6, 6.07) is 2.36. The maximum Gasteiger partial charge on any atom is 0.276 e. The minimum atomic E-state index is -2.66. The zero-order chi connectivity index (χ0) is 24.0. The van der Waals surface area contributed by atoms with Crippen molar-refractivity contribution in [2.45, 2.75) is 77.7 Å². The van der Waals surface area contributed by atoms with Crippen molar-refractivity contribution in [2.75, 3.05) is 5.32 Å². The lowest BCUT2D eigenvalue weighted by molar-refractivity contribution is 0.225. The molecule has 3 rings (SSSR count). The van der Waals surface area contributed by atoms with E-state index < -0.39 is 6.43 Å². The van der Waals surface area contributed by atoms with Crippen LogP contribution < -0.4 is 16.8 Å². The molecule has 2 saturated carbocycles. The molecule has 2 fully saturated rings. The highest BCUT2D eigenvalue weighted by Crippen LogP contribution is 2.40. The highest BCUT2D eigenvalue weighted by atomic mass is 19.3. The molecule has 1 aromatic heterocycles. The molecule has 5 N–H and O–H groups in total. The Labute approximate surface area is 194 Å². The maximum absolute atomic E-state index is 13.2. The molecule has 0 spiro atoms. The third kappa shape index (κ3) is 6.73. The molecule has 2 aliphatic rings. The summed E-state index contributed by atoms with van der Waals surface area (Å²) in [5.41, 5.74) is 16.1. The van der Waals surface area contributed by atoms with E-state index in [0.29, 0.717) is 23.5 Å². The number of nitrogens with one attached hydrogen (secondary N) is 1. The summed E-state index contributed by atoms with van der Waals surface area (Å²) in [4.78, 5) is 13.2. The van der Waals surface area contributed by atoms with Crippen molar-refractivity contribution in [1.82, 2.24) is 4.98 Å². The summed E-state index contributed by atoms with van der Waals surface area (Å²) in [6.07, 6.45) is 10.4. The van der Waals surface area contributed by atoms with Crippen LogP contribution in [0.5, 0.6) is 0 Å². The first-order valence-corrected chi connectivity index (χ1v) is 11.5. The number of alkyl halides is 2. The Hall–Kier alpha value is -3.03. The summed E-state index contributed by atoms with van der Waals surface area (Å²) < 4.78 is 26.3. The molecule has 1 heterocycles. The first-order chi connectivity index (χ1) is 15.8. The summed E-state index contributed by atoms with van der Waals surface area (Å²) in [6.45, 7) is 5.18. The third-order valence-electron chi connectivity index (χ3n) is 6.13. The van der Waals surface area contributed by atoms with E-state index in [1.54, 1.807) is 18.5 Å². The van der Waals surface area contributed by atoms with Gasteiger partial charge in [-0.05, 0) is 63.5 Å². The number of rotatable bonds is 10. The minimum Gasteiger partial charge on any atom is -0.404 e. The van der Waals surface area contributed by atoms with E-state index in [1.165, 1.54) is 13.3 Å². The minimum absolute atomic E-state index is 0.225. The third-order valence-corrected chi connectivity index (χ3v) is 6.13. The number of aromatic nitrogens is 1. The van der Waals surface area contributed by atoms with Crippen LogP contribution in [0.4, 0.5) is 14.6 Å². The molecule has 0 aromatic carbocycles. The smallest absolute Gasteiger partial charge is 0.276 e. The van der Waals surface area contributed by atoms with Crippen molar-refractivity contribution >= 4 is 23.3 Å². The fourth-order valence-corrected chi connectivity index (χ4v) is 3.39. The van der Waals surface area contributed by atoms with Crippen LogP contribution >= 0.6 is 0 Å². The molecule has 0 bridgehead atoms. The monoisotopic (exact) mass is 456 g/mol. The molecular weight excluding hydrogens is 422 g/mol. The molecule has 1 aromatic rings. The lowest BCUT2D eigenvalue weighted by Crippen LogP contribution is -2.14. The van der Waals surface area contributed by atoms with Gasteiger partial charge in [-0.1, -0.05) is 18.9 Å². The van der Waals surface area contributed by atoms with E-state index in [-0.39, 0.29) is 11.5 Å². The number of anilines is 1. The number of allylic oxidation sites excluding steroid dienone is 3. The molecule has 0 amide bonds. The molecule has 6 nitrogen and oxygen atoms in total. The predicted molar refractivity (Wildman–Crippen MR) is 133 cm³/mol. The Bertz CT molecular complexity index is 998. The van der Waals surface area contributed by atoms with Gasteiger partial charge in [-0.15, -0.1) is 0 Å². The average molecular weight is 457 g/mol. The van der Waals surface area contributed by atoms with Gasteiger partial charge in [-0.2, -0.15) is 0 Å². The van der Waals surface area contributed by atoms with E-state index in [1.807, 2.05) is 26.1 Å². The number of nitrogens with two attached hydrogens (primary N) is 2. The molecule has 0 unspecified atom stereocenters. The standard InChI is InChI=1S/C25H34F2N6/c1-4-15(2)22(29)11-24(32-16(3)25(26)27)33-23-10-20(17-6-5-7-17)21(14-31-23)18(12-28)13-30-19-8-9-19/h10-14,17,19,25H,4-9,28-29H2,1-3H3,(H,31,33)/b18-12+,22-15-,24-11+,30-13?,32-16?. The quantitative estimate of drug-likeness (QED) is 0.319. The van der Waals surface area contributed by atoms with Crippen molar-refractivity contribution in [2.24, 2.45) is 21.5 Å². The lowest BCUT2D eigenvalue weighted by atomic mass is 9.77. The molecular formula is C25H34F2N6. The highest BCUT2D eigenvalue weighted by Gasteiger charge is 2.25. The van der Waals surface area contributed by atoms with Gasteiger partial charge in [0, 0.05) is 41.5 Å². The Kier molecular flexibility index (Phi) is 8.36. The Balaban J connectivity index is 1.96. The number of halogens is 2. The fourth-order valence-electron chi connectivity index (χ4n) is 3.39. The summed E-state index contributed by atoms with van der Waals surface area (Å²) >= 11 is 0.